The molecule has 0 saturated heterocycles. The number of thiocarbonyl (C=S) groups is 1. The molecule has 0 aliphatic heterocycles. The van der Waals surface area contributed by atoms with Crippen molar-refractivity contribution in [3.63, 3.8) is 0 Å². The Balaban J connectivity index is 2.07. The van der Waals surface area contributed by atoms with E-state index in [2.05, 4.69) is 5.32 Å². The number of aliphatic hydroxyl groups is 1. The standard InChI is InChI=1S/C21H23FN2O3S/c1-27-19-6-4-5-18(15-19)24(13-2-3-14-25)21(28)23-20(26)12-9-16-7-10-17(22)11-8-16/h4-12,15,25H,2-3,13-14H2,1H3,(H,23,26,28). The fraction of sp³-hybridized carbons (Fsp3) is 0.238. The van der Waals surface area contributed by atoms with Gasteiger partial charge in [0.2, 0.25) is 5.91 Å². The van der Waals surface area contributed by atoms with Crippen LogP contribution in [-0.2, 0) is 4.79 Å². The molecule has 2 aromatic rings. The van der Waals surface area contributed by atoms with Gasteiger partial charge >= 0.3 is 0 Å². The van der Waals surface area contributed by atoms with Crippen LogP contribution in [0.3, 0.4) is 0 Å². The molecule has 7 heteroatoms. The molecule has 0 heterocycles. The van der Waals surface area contributed by atoms with Gasteiger partial charge in [-0.3, -0.25) is 10.1 Å². The second kappa shape index (κ2) is 11.2. The summed E-state index contributed by atoms with van der Waals surface area (Å²) in [4.78, 5) is 14.0. The van der Waals surface area contributed by atoms with Crippen molar-refractivity contribution in [2.45, 2.75) is 12.8 Å². The molecule has 0 atom stereocenters. The van der Waals surface area contributed by atoms with Gasteiger partial charge in [-0.2, -0.15) is 0 Å². The molecule has 0 saturated carbocycles. The van der Waals surface area contributed by atoms with Crippen molar-refractivity contribution in [3.05, 3.63) is 66.0 Å². The van der Waals surface area contributed by atoms with E-state index >= 15 is 0 Å². The van der Waals surface area contributed by atoms with Gasteiger partial charge in [-0.05, 0) is 61.0 Å². The first kappa shape index (κ1) is 21.5. The predicted octanol–water partition coefficient (Wildman–Crippen LogP) is 3.53. The second-order valence-electron chi connectivity index (χ2n) is 5.96. The number of unbranched alkanes of at least 4 members (excludes halogenated alkanes) is 1. The number of aliphatic hydroxyl groups excluding tert-OH is 1. The molecule has 5 nitrogen and oxygen atoms in total. The summed E-state index contributed by atoms with van der Waals surface area (Å²) in [5.74, 6) is -0.0426. The highest BCUT2D eigenvalue weighted by Gasteiger charge is 2.14. The van der Waals surface area contributed by atoms with Crippen LogP contribution in [0.5, 0.6) is 5.75 Å². The molecule has 148 valence electrons. The van der Waals surface area contributed by atoms with Gasteiger partial charge in [-0.25, -0.2) is 4.39 Å². The molecule has 2 rings (SSSR count). The van der Waals surface area contributed by atoms with Gasteiger partial charge in [0.1, 0.15) is 11.6 Å². The minimum atomic E-state index is -0.385. The van der Waals surface area contributed by atoms with Crippen molar-refractivity contribution >= 4 is 35.0 Å². The van der Waals surface area contributed by atoms with Crippen LogP contribution in [0.4, 0.5) is 10.1 Å². The van der Waals surface area contributed by atoms with E-state index in [0.29, 0.717) is 30.7 Å². The molecule has 2 N–H and O–H groups in total. The monoisotopic (exact) mass is 402 g/mol. The number of halogens is 1. The summed E-state index contributed by atoms with van der Waals surface area (Å²) in [5, 5.41) is 12.0. The van der Waals surface area contributed by atoms with E-state index in [1.54, 1.807) is 30.2 Å². The fourth-order valence-corrected chi connectivity index (χ4v) is 2.77. The van der Waals surface area contributed by atoms with E-state index in [9.17, 15) is 9.18 Å². The Morgan fingerprint density at radius 3 is 2.68 bits per heavy atom. The summed E-state index contributed by atoms with van der Waals surface area (Å²) in [7, 11) is 1.58. The fourth-order valence-electron chi connectivity index (χ4n) is 2.47. The number of rotatable bonds is 8. The SMILES string of the molecule is COc1cccc(N(CCCCO)C(=S)NC(=O)C=Cc2ccc(F)cc2)c1. The molecule has 0 bridgehead atoms. The zero-order chi connectivity index (χ0) is 20.4. The lowest BCUT2D eigenvalue weighted by atomic mass is 10.2. The zero-order valence-corrected chi connectivity index (χ0v) is 16.4. The topological polar surface area (TPSA) is 61.8 Å². The first-order valence-electron chi connectivity index (χ1n) is 8.84. The van der Waals surface area contributed by atoms with E-state index in [0.717, 1.165) is 5.69 Å². The first-order valence-corrected chi connectivity index (χ1v) is 9.25. The lowest BCUT2D eigenvalue weighted by molar-refractivity contribution is -0.115. The maximum Gasteiger partial charge on any atom is 0.250 e. The Kier molecular flexibility index (Phi) is 8.58. The molecular weight excluding hydrogens is 379 g/mol. The average Bonchev–Trinajstić information content (AvgIpc) is 2.70. The molecular formula is C21H23FN2O3S. The largest absolute Gasteiger partial charge is 0.497 e. The number of carbonyl (C=O) groups excluding carboxylic acids is 1. The number of nitrogens with zero attached hydrogens (tertiary/aromatic N) is 1. The van der Waals surface area contributed by atoms with Crippen molar-refractivity contribution in [3.8, 4) is 5.75 Å². The van der Waals surface area contributed by atoms with Crippen molar-refractivity contribution in [2.24, 2.45) is 0 Å². The van der Waals surface area contributed by atoms with Crippen LogP contribution >= 0.6 is 12.2 Å². The number of hydrogen-bond acceptors (Lipinski definition) is 4. The van der Waals surface area contributed by atoms with Gasteiger partial charge < -0.3 is 14.7 Å². The number of anilines is 1. The van der Waals surface area contributed by atoms with Gasteiger partial charge in [-0.1, -0.05) is 18.2 Å². The third kappa shape index (κ3) is 6.75. The highest BCUT2D eigenvalue weighted by molar-refractivity contribution is 7.80. The van der Waals surface area contributed by atoms with Gasteiger partial charge in [0.25, 0.3) is 0 Å². The van der Waals surface area contributed by atoms with Gasteiger partial charge in [0.15, 0.2) is 5.11 Å². The minimum absolute atomic E-state index is 0.0888. The molecule has 0 aromatic heterocycles. The Morgan fingerprint density at radius 2 is 2.00 bits per heavy atom. The Labute approximate surface area is 169 Å². The van der Waals surface area contributed by atoms with Crippen LogP contribution in [0.2, 0.25) is 0 Å². The highest BCUT2D eigenvalue weighted by Crippen LogP contribution is 2.21. The van der Waals surface area contributed by atoms with Crippen molar-refractivity contribution < 1.29 is 19.0 Å². The third-order valence-electron chi connectivity index (χ3n) is 3.93. The number of ether oxygens (including phenoxy) is 1. The predicted molar refractivity (Wildman–Crippen MR) is 113 cm³/mol. The maximum atomic E-state index is 12.9. The summed E-state index contributed by atoms with van der Waals surface area (Å²) in [6.07, 6.45) is 4.26. The molecule has 0 fully saturated rings. The summed E-state index contributed by atoms with van der Waals surface area (Å²) < 4.78 is 18.2. The van der Waals surface area contributed by atoms with E-state index < -0.39 is 0 Å². The number of nitrogens with one attached hydrogen (secondary N) is 1. The second-order valence-corrected chi connectivity index (χ2v) is 6.35. The minimum Gasteiger partial charge on any atom is -0.497 e. The van der Waals surface area contributed by atoms with E-state index in [4.69, 9.17) is 22.1 Å². The van der Waals surface area contributed by atoms with Crippen LogP contribution < -0.4 is 15.0 Å². The van der Waals surface area contributed by atoms with Crippen molar-refractivity contribution in [1.82, 2.24) is 5.32 Å². The number of hydrogen-bond donors (Lipinski definition) is 2. The van der Waals surface area contributed by atoms with Crippen molar-refractivity contribution in [1.29, 1.82) is 0 Å². The molecule has 0 spiro atoms. The smallest absolute Gasteiger partial charge is 0.250 e. The van der Waals surface area contributed by atoms with Crippen LogP contribution in [-0.4, -0.2) is 36.4 Å². The van der Waals surface area contributed by atoms with Crippen LogP contribution in [0, 0.1) is 5.82 Å². The van der Waals surface area contributed by atoms with E-state index in [-0.39, 0.29) is 23.4 Å². The van der Waals surface area contributed by atoms with E-state index in [1.165, 1.54) is 18.2 Å². The quantitative estimate of drug-likeness (QED) is 0.402. The van der Waals surface area contributed by atoms with Gasteiger partial charge in [-0.15, -0.1) is 0 Å². The lowest BCUT2D eigenvalue weighted by Gasteiger charge is -2.25. The summed E-state index contributed by atoms with van der Waals surface area (Å²) in [6.45, 7) is 0.625. The normalized spacial score (nSPS) is 10.7. The van der Waals surface area contributed by atoms with Gasteiger partial charge in [0.05, 0.1) is 7.11 Å². The number of amides is 1. The summed E-state index contributed by atoms with van der Waals surface area (Å²) in [5.41, 5.74) is 1.49. The maximum absolute atomic E-state index is 12.9. The molecule has 0 aliphatic carbocycles. The number of carbonyl (C=O) groups is 1. The van der Waals surface area contributed by atoms with Crippen molar-refractivity contribution in [2.75, 3.05) is 25.2 Å². The Bertz CT molecular complexity index is 825. The Morgan fingerprint density at radius 1 is 1.25 bits per heavy atom. The van der Waals surface area contributed by atoms with Gasteiger partial charge in [0, 0.05) is 31.0 Å². The molecule has 0 aliphatic rings. The molecule has 1 amide bonds. The highest BCUT2D eigenvalue weighted by atomic mass is 32.1. The average molecular weight is 402 g/mol. The third-order valence-corrected chi connectivity index (χ3v) is 4.25. The molecule has 28 heavy (non-hydrogen) atoms. The Hall–Kier alpha value is -2.77. The van der Waals surface area contributed by atoms with Crippen LogP contribution in [0.15, 0.2) is 54.6 Å². The zero-order valence-electron chi connectivity index (χ0n) is 15.6. The van der Waals surface area contributed by atoms with Crippen LogP contribution in [0.1, 0.15) is 18.4 Å². The number of benzene rings is 2. The van der Waals surface area contributed by atoms with Crippen LogP contribution in [0.25, 0.3) is 6.08 Å². The van der Waals surface area contributed by atoms with E-state index in [1.807, 2.05) is 24.3 Å². The lowest BCUT2D eigenvalue weighted by Crippen LogP contribution is -2.42. The molecule has 0 unspecified atom stereocenters. The summed E-state index contributed by atoms with van der Waals surface area (Å²) >= 11 is 5.42. The summed E-state index contributed by atoms with van der Waals surface area (Å²) in [6, 6.07) is 13.2. The molecule has 2 aromatic carbocycles. The number of methoxy groups -OCH3 is 1. The molecule has 0 radical (unpaired) electrons. The first-order chi connectivity index (χ1) is 13.5.